The number of carbonyl (C=O) groups is 1. The van der Waals surface area contributed by atoms with Crippen LogP contribution in [0.3, 0.4) is 0 Å². The predicted molar refractivity (Wildman–Crippen MR) is 107 cm³/mol. The Labute approximate surface area is 167 Å². The zero-order valence-electron chi connectivity index (χ0n) is 16.0. The van der Waals surface area contributed by atoms with Crippen LogP contribution >= 0.6 is 0 Å². The number of methoxy groups -OCH3 is 1. The van der Waals surface area contributed by atoms with Gasteiger partial charge in [0.25, 0.3) is 5.91 Å². The molecular formula is C21H19N5O3. The predicted octanol–water partition coefficient (Wildman–Crippen LogP) is 3.09. The number of pyridine rings is 1. The minimum Gasteiger partial charge on any atom is -0.493 e. The van der Waals surface area contributed by atoms with Crippen molar-refractivity contribution in [3.8, 4) is 17.4 Å². The van der Waals surface area contributed by atoms with E-state index in [1.165, 1.54) is 0 Å². The summed E-state index contributed by atoms with van der Waals surface area (Å²) in [5.74, 6) is 1.34. The van der Waals surface area contributed by atoms with E-state index in [1.54, 1.807) is 49.3 Å². The van der Waals surface area contributed by atoms with Gasteiger partial charge in [-0.05, 0) is 36.4 Å². The number of ether oxygens (including phenoxy) is 2. The van der Waals surface area contributed by atoms with Crippen molar-refractivity contribution < 1.29 is 14.3 Å². The van der Waals surface area contributed by atoms with Crippen LogP contribution < -0.4 is 14.8 Å². The summed E-state index contributed by atoms with van der Waals surface area (Å²) in [7, 11) is 3.39. The van der Waals surface area contributed by atoms with E-state index < -0.39 is 0 Å². The molecule has 0 saturated heterocycles. The van der Waals surface area contributed by atoms with Crippen LogP contribution in [0.5, 0.6) is 17.4 Å². The average Bonchev–Trinajstić information content (AvgIpc) is 3.13. The third-order valence-corrected chi connectivity index (χ3v) is 4.44. The molecule has 2 aromatic heterocycles. The maximum atomic E-state index is 12.6. The van der Waals surface area contributed by atoms with Crippen LogP contribution in [0, 0.1) is 0 Å². The Hall–Kier alpha value is -3.94. The van der Waals surface area contributed by atoms with E-state index in [0.717, 1.165) is 11.1 Å². The molecule has 2 heterocycles. The molecule has 2 aromatic carbocycles. The van der Waals surface area contributed by atoms with E-state index in [9.17, 15) is 4.79 Å². The van der Waals surface area contributed by atoms with Crippen LogP contribution in [-0.4, -0.2) is 33.0 Å². The van der Waals surface area contributed by atoms with E-state index >= 15 is 0 Å². The Kier molecular flexibility index (Phi) is 5.07. The summed E-state index contributed by atoms with van der Waals surface area (Å²) < 4.78 is 12.9. The average molecular weight is 389 g/mol. The van der Waals surface area contributed by atoms with Crippen LogP contribution in [0.1, 0.15) is 15.9 Å². The van der Waals surface area contributed by atoms with Gasteiger partial charge < -0.3 is 14.8 Å². The summed E-state index contributed by atoms with van der Waals surface area (Å²) in [6, 6.07) is 16.2. The highest BCUT2D eigenvalue weighted by Gasteiger charge is 2.13. The highest BCUT2D eigenvalue weighted by atomic mass is 16.5. The molecule has 4 aromatic rings. The molecule has 0 bridgehead atoms. The van der Waals surface area contributed by atoms with Crippen LogP contribution in [0.25, 0.3) is 11.0 Å². The van der Waals surface area contributed by atoms with Crippen molar-refractivity contribution >= 4 is 16.9 Å². The number of hydrogen-bond donors (Lipinski definition) is 1. The van der Waals surface area contributed by atoms with Gasteiger partial charge in [0.15, 0.2) is 11.5 Å². The number of nitrogens with one attached hydrogen (secondary N) is 1. The Morgan fingerprint density at radius 1 is 1.10 bits per heavy atom. The van der Waals surface area contributed by atoms with Gasteiger partial charge in [0, 0.05) is 30.9 Å². The first-order chi connectivity index (χ1) is 14.2. The minimum absolute atomic E-state index is 0.218. The van der Waals surface area contributed by atoms with Gasteiger partial charge in [-0.1, -0.05) is 23.4 Å². The van der Waals surface area contributed by atoms with Crippen molar-refractivity contribution in [2.45, 2.75) is 6.54 Å². The third kappa shape index (κ3) is 3.86. The van der Waals surface area contributed by atoms with E-state index in [-0.39, 0.29) is 12.5 Å². The lowest BCUT2D eigenvalue weighted by Gasteiger charge is -2.13. The number of aromatic nitrogens is 4. The standard InChI is InChI=1S/C21H19N5O3/c1-26-17-10-9-14(12-16(17)24-25-26)20(27)23-13-15-6-5-11-22-21(15)29-19-8-4-3-7-18(19)28-2/h3-12H,13H2,1-2H3,(H,23,27). The number of hydrogen-bond acceptors (Lipinski definition) is 6. The molecule has 4 rings (SSSR count). The zero-order valence-corrected chi connectivity index (χ0v) is 16.0. The number of carbonyl (C=O) groups excluding carboxylic acids is 1. The molecular weight excluding hydrogens is 370 g/mol. The molecule has 8 heteroatoms. The van der Waals surface area contributed by atoms with Gasteiger partial charge in [0.2, 0.25) is 5.88 Å². The van der Waals surface area contributed by atoms with Gasteiger partial charge in [-0.25, -0.2) is 9.67 Å². The van der Waals surface area contributed by atoms with E-state index in [2.05, 4.69) is 20.6 Å². The highest BCUT2D eigenvalue weighted by Crippen LogP contribution is 2.31. The SMILES string of the molecule is COc1ccccc1Oc1ncccc1CNC(=O)c1ccc2c(c1)nnn2C. The number of amides is 1. The second-order valence-corrected chi connectivity index (χ2v) is 6.32. The molecule has 0 atom stereocenters. The van der Waals surface area contributed by atoms with Crippen LogP contribution in [0.2, 0.25) is 0 Å². The van der Waals surface area contributed by atoms with Gasteiger partial charge in [-0.2, -0.15) is 0 Å². The maximum absolute atomic E-state index is 12.6. The Bertz CT molecular complexity index is 1170. The first kappa shape index (κ1) is 18.4. The largest absolute Gasteiger partial charge is 0.493 e. The number of para-hydroxylation sites is 2. The molecule has 0 aliphatic rings. The fourth-order valence-electron chi connectivity index (χ4n) is 2.92. The summed E-state index contributed by atoms with van der Waals surface area (Å²) in [6.07, 6.45) is 1.64. The quantitative estimate of drug-likeness (QED) is 0.545. The molecule has 1 amide bonds. The van der Waals surface area contributed by atoms with E-state index in [1.807, 2.05) is 30.3 Å². The third-order valence-electron chi connectivity index (χ3n) is 4.44. The number of rotatable bonds is 6. The van der Waals surface area contributed by atoms with Gasteiger partial charge in [0.05, 0.1) is 12.6 Å². The van der Waals surface area contributed by atoms with Crippen molar-refractivity contribution in [1.82, 2.24) is 25.3 Å². The maximum Gasteiger partial charge on any atom is 0.251 e. The number of nitrogens with zero attached hydrogens (tertiary/aromatic N) is 4. The summed E-state index contributed by atoms with van der Waals surface area (Å²) in [6.45, 7) is 0.260. The van der Waals surface area contributed by atoms with Gasteiger partial charge in [0.1, 0.15) is 5.52 Å². The van der Waals surface area contributed by atoms with E-state index in [4.69, 9.17) is 9.47 Å². The van der Waals surface area contributed by atoms with E-state index in [0.29, 0.717) is 28.5 Å². The lowest BCUT2D eigenvalue weighted by molar-refractivity contribution is 0.0951. The van der Waals surface area contributed by atoms with Crippen molar-refractivity contribution in [2.75, 3.05) is 7.11 Å². The molecule has 0 unspecified atom stereocenters. The Morgan fingerprint density at radius 2 is 1.93 bits per heavy atom. The first-order valence-electron chi connectivity index (χ1n) is 8.98. The Morgan fingerprint density at radius 3 is 2.76 bits per heavy atom. The van der Waals surface area contributed by atoms with Gasteiger partial charge in [-0.3, -0.25) is 4.79 Å². The van der Waals surface area contributed by atoms with Crippen LogP contribution in [0.4, 0.5) is 0 Å². The zero-order chi connectivity index (χ0) is 20.2. The van der Waals surface area contributed by atoms with Crippen molar-refractivity contribution in [3.63, 3.8) is 0 Å². The number of fused-ring (bicyclic) bond motifs is 1. The minimum atomic E-state index is -0.218. The Balaban J connectivity index is 1.50. The lowest BCUT2D eigenvalue weighted by atomic mass is 10.2. The molecule has 0 fully saturated rings. The molecule has 0 saturated carbocycles. The molecule has 0 aliphatic heterocycles. The van der Waals surface area contributed by atoms with Crippen molar-refractivity contribution in [2.24, 2.45) is 7.05 Å². The summed E-state index contributed by atoms with van der Waals surface area (Å²) >= 11 is 0. The number of benzene rings is 2. The first-order valence-corrected chi connectivity index (χ1v) is 8.98. The normalized spacial score (nSPS) is 10.7. The summed E-state index contributed by atoms with van der Waals surface area (Å²) in [5, 5.41) is 10.9. The molecule has 0 spiro atoms. The molecule has 8 nitrogen and oxygen atoms in total. The molecule has 29 heavy (non-hydrogen) atoms. The van der Waals surface area contributed by atoms with Gasteiger partial charge >= 0.3 is 0 Å². The molecule has 0 aliphatic carbocycles. The van der Waals surface area contributed by atoms with Gasteiger partial charge in [-0.15, -0.1) is 5.10 Å². The summed E-state index contributed by atoms with van der Waals surface area (Å²) in [5.41, 5.74) is 2.78. The highest BCUT2D eigenvalue weighted by molar-refractivity contribution is 5.97. The van der Waals surface area contributed by atoms with Crippen LogP contribution in [-0.2, 0) is 13.6 Å². The second kappa shape index (κ2) is 7.97. The molecule has 146 valence electrons. The van der Waals surface area contributed by atoms with Crippen molar-refractivity contribution in [3.05, 3.63) is 71.9 Å². The fraction of sp³-hybridized carbons (Fsp3) is 0.143. The number of aryl methyl sites for hydroxylation is 1. The smallest absolute Gasteiger partial charge is 0.251 e. The molecule has 0 radical (unpaired) electrons. The monoisotopic (exact) mass is 389 g/mol. The fourth-order valence-corrected chi connectivity index (χ4v) is 2.92. The molecule has 1 N–H and O–H groups in total. The lowest BCUT2D eigenvalue weighted by Crippen LogP contribution is -2.23. The van der Waals surface area contributed by atoms with Crippen molar-refractivity contribution in [1.29, 1.82) is 0 Å². The van der Waals surface area contributed by atoms with Crippen LogP contribution in [0.15, 0.2) is 60.8 Å². The summed E-state index contributed by atoms with van der Waals surface area (Å²) in [4.78, 5) is 16.9. The second-order valence-electron chi connectivity index (χ2n) is 6.32. The topological polar surface area (TPSA) is 91.2 Å².